The third-order valence-electron chi connectivity index (χ3n) is 3.35. The SMILES string of the molecule is CCCNC(=S)Nc1cccc(Cn2nc(C)c(Br)c2C)c1. The van der Waals surface area contributed by atoms with Gasteiger partial charge in [-0.05, 0) is 66.1 Å². The van der Waals surface area contributed by atoms with E-state index in [4.69, 9.17) is 12.2 Å². The Labute approximate surface area is 145 Å². The van der Waals surface area contributed by atoms with Gasteiger partial charge >= 0.3 is 0 Å². The maximum atomic E-state index is 5.27. The zero-order chi connectivity index (χ0) is 16.1. The zero-order valence-electron chi connectivity index (χ0n) is 13.1. The van der Waals surface area contributed by atoms with Gasteiger partial charge in [-0.25, -0.2) is 0 Å². The summed E-state index contributed by atoms with van der Waals surface area (Å²) in [6, 6.07) is 8.24. The molecule has 0 radical (unpaired) electrons. The first-order valence-electron chi connectivity index (χ1n) is 7.34. The third kappa shape index (κ3) is 4.30. The van der Waals surface area contributed by atoms with Crippen molar-refractivity contribution >= 4 is 38.9 Å². The standard InChI is InChI=1S/C16H21BrN4S/c1-4-8-18-16(22)19-14-7-5-6-13(9-14)10-21-12(3)15(17)11(2)20-21/h5-7,9H,4,8,10H2,1-3H3,(H2,18,19,22). The van der Waals surface area contributed by atoms with Gasteiger partial charge in [0.2, 0.25) is 0 Å². The van der Waals surface area contributed by atoms with E-state index in [0.717, 1.165) is 41.1 Å². The first kappa shape index (κ1) is 17.0. The van der Waals surface area contributed by atoms with E-state index in [1.807, 2.05) is 23.7 Å². The molecule has 1 aromatic heterocycles. The van der Waals surface area contributed by atoms with Crippen molar-refractivity contribution in [2.24, 2.45) is 0 Å². The molecule has 6 heteroatoms. The molecule has 0 amide bonds. The lowest BCUT2D eigenvalue weighted by Crippen LogP contribution is -2.28. The fourth-order valence-electron chi connectivity index (χ4n) is 2.16. The van der Waals surface area contributed by atoms with E-state index in [9.17, 15) is 0 Å². The summed E-state index contributed by atoms with van der Waals surface area (Å²) in [5.74, 6) is 0. The molecule has 0 spiro atoms. The first-order valence-corrected chi connectivity index (χ1v) is 8.54. The number of aryl methyl sites for hydroxylation is 1. The summed E-state index contributed by atoms with van der Waals surface area (Å²) in [5, 5.41) is 11.6. The van der Waals surface area contributed by atoms with Crippen LogP contribution in [0.4, 0.5) is 5.69 Å². The number of thiocarbonyl (C=S) groups is 1. The maximum Gasteiger partial charge on any atom is 0.170 e. The zero-order valence-corrected chi connectivity index (χ0v) is 15.5. The van der Waals surface area contributed by atoms with Crippen molar-refractivity contribution in [2.45, 2.75) is 33.7 Å². The van der Waals surface area contributed by atoms with E-state index < -0.39 is 0 Å². The van der Waals surface area contributed by atoms with Gasteiger partial charge in [0.05, 0.1) is 22.4 Å². The molecule has 2 rings (SSSR count). The summed E-state index contributed by atoms with van der Waals surface area (Å²) in [7, 11) is 0. The second kappa shape index (κ2) is 7.74. The van der Waals surface area contributed by atoms with E-state index >= 15 is 0 Å². The minimum absolute atomic E-state index is 0.660. The fraction of sp³-hybridized carbons (Fsp3) is 0.375. The molecule has 2 N–H and O–H groups in total. The summed E-state index contributed by atoms with van der Waals surface area (Å²) < 4.78 is 3.08. The molecule has 0 saturated heterocycles. The maximum absolute atomic E-state index is 5.27. The van der Waals surface area contributed by atoms with E-state index in [0.29, 0.717) is 5.11 Å². The molecule has 0 fully saturated rings. The number of hydrogen-bond acceptors (Lipinski definition) is 2. The van der Waals surface area contributed by atoms with Crippen LogP contribution in [0, 0.1) is 13.8 Å². The molecule has 0 saturated carbocycles. The van der Waals surface area contributed by atoms with Crippen molar-refractivity contribution in [2.75, 3.05) is 11.9 Å². The van der Waals surface area contributed by atoms with Gasteiger partial charge in [-0.15, -0.1) is 0 Å². The third-order valence-corrected chi connectivity index (χ3v) is 4.74. The average Bonchev–Trinajstić information content (AvgIpc) is 2.73. The van der Waals surface area contributed by atoms with E-state index in [2.05, 4.69) is 57.6 Å². The second-order valence-electron chi connectivity index (χ2n) is 5.22. The normalized spacial score (nSPS) is 10.5. The predicted molar refractivity (Wildman–Crippen MR) is 99.5 cm³/mol. The number of halogens is 1. The Hall–Kier alpha value is -1.40. The molecule has 4 nitrogen and oxygen atoms in total. The highest BCUT2D eigenvalue weighted by Crippen LogP contribution is 2.21. The summed E-state index contributed by atoms with van der Waals surface area (Å²) in [4.78, 5) is 0. The number of rotatable bonds is 5. The molecule has 2 aromatic rings. The van der Waals surface area contributed by atoms with Crippen LogP contribution in [-0.4, -0.2) is 21.4 Å². The van der Waals surface area contributed by atoms with E-state index in [-0.39, 0.29) is 0 Å². The van der Waals surface area contributed by atoms with E-state index in [1.165, 1.54) is 5.56 Å². The van der Waals surface area contributed by atoms with Crippen molar-refractivity contribution in [1.82, 2.24) is 15.1 Å². The lowest BCUT2D eigenvalue weighted by molar-refractivity contribution is 0.659. The molecule has 0 aliphatic carbocycles. The quantitative estimate of drug-likeness (QED) is 0.768. The molecule has 0 aliphatic heterocycles. The van der Waals surface area contributed by atoms with Gasteiger partial charge in [0.1, 0.15) is 0 Å². The summed E-state index contributed by atoms with van der Waals surface area (Å²) in [6.07, 6.45) is 1.05. The van der Waals surface area contributed by atoms with Crippen LogP contribution in [0.5, 0.6) is 0 Å². The second-order valence-corrected chi connectivity index (χ2v) is 6.42. The van der Waals surface area contributed by atoms with Crippen molar-refractivity contribution in [1.29, 1.82) is 0 Å². The lowest BCUT2D eigenvalue weighted by Gasteiger charge is -2.11. The number of nitrogens with one attached hydrogen (secondary N) is 2. The molecule has 0 aliphatic rings. The molecule has 0 unspecified atom stereocenters. The van der Waals surface area contributed by atoms with Crippen LogP contribution >= 0.6 is 28.1 Å². The van der Waals surface area contributed by atoms with Gasteiger partial charge in [-0.3, -0.25) is 4.68 Å². The van der Waals surface area contributed by atoms with Crippen molar-refractivity contribution < 1.29 is 0 Å². The van der Waals surface area contributed by atoms with Crippen molar-refractivity contribution in [3.8, 4) is 0 Å². The minimum atomic E-state index is 0.660. The van der Waals surface area contributed by atoms with Gasteiger partial charge in [0.25, 0.3) is 0 Å². The number of benzene rings is 1. The molecule has 1 aromatic carbocycles. The Kier molecular flexibility index (Phi) is 5.97. The van der Waals surface area contributed by atoms with Gasteiger partial charge < -0.3 is 10.6 Å². The average molecular weight is 381 g/mol. The summed E-state index contributed by atoms with van der Waals surface area (Å²) >= 11 is 8.83. The highest BCUT2D eigenvalue weighted by Gasteiger charge is 2.09. The van der Waals surface area contributed by atoms with E-state index in [1.54, 1.807) is 0 Å². The van der Waals surface area contributed by atoms with Gasteiger partial charge in [0.15, 0.2) is 5.11 Å². The molecule has 1 heterocycles. The summed E-state index contributed by atoms with van der Waals surface area (Å²) in [5.41, 5.74) is 4.32. The van der Waals surface area contributed by atoms with Crippen LogP contribution in [-0.2, 0) is 6.54 Å². The number of hydrogen-bond donors (Lipinski definition) is 2. The van der Waals surface area contributed by atoms with Crippen LogP contribution in [0.1, 0.15) is 30.3 Å². The highest BCUT2D eigenvalue weighted by molar-refractivity contribution is 9.10. The van der Waals surface area contributed by atoms with Crippen LogP contribution < -0.4 is 10.6 Å². The first-order chi connectivity index (χ1) is 10.5. The summed E-state index contributed by atoms with van der Waals surface area (Å²) in [6.45, 7) is 7.80. The predicted octanol–water partition coefficient (Wildman–Crippen LogP) is 4.01. The Morgan fingerprint density at radius 3 is 2.77 bits per heavy atom. The van der Waals surface area contributed by atoms with Crippen LogP contribution in [0.25, 0.3) is 0 Å². The molecule has 0 atom stereocenters. The van der Waals surface area contributed by atoms with Gasteiger partial charge in [-0.1, -0.05) is 19.1 Å². The Morgan fingerprint density at radius 1 is 1.36 bits per heavy atom. The highest BCUT2D eigenvalue weighted by atomic mass is 79.9. The van der Waals surface area contributed by atoms with Crippen LogP contribution in [0.2, 0.25) is 0 Å². The molecule has 22 heavy (non-hydrogen) atoms. The fourth-order valence-corrected chi connectivity index (χ4v) is 2.67. The Balaban J connectivity index is 2.08. The van der Waals surface area contributed by atoms with Crippen LogP contribution in [0.3, 0.4) is 0 Å². The van der Waals surface area contributed by atoms with Crippen LogP contribution in [0.15, 0.2) is 28.7 Å². The number of anilines is 1. The minimum Gasteiger partial charge on any atom is -0.362 e. The topological polar surface area (TPSA) is 41.9 Å². The largest absolute Gasteiger partial charge is 0.362 e. The Bertz CT molecular complexity index is 666. The monoisotopic (exact) mass is 380 g/mol. The smallest absolute Gasteiger partial charge is 0.170 e. The van der Waals surface area contributed by atoms with Gasteiger partial charge in [-0.2, -0.15) is 5.10 Å². The Morgan fingerprint density at radius 2 is 2.14 bits per heavy atom. The van der Waals surface area contributed by atoms with Crippen molar-refractivity contribution in [3.63, 3.8) is 0 Å². The number of aromatic nitrogens is 2. The molecular weight excluding hydrogens is 360 g/mol. The van der Waals surface area contributed by atoms with Gasteiger partial charge in [0, 0.05) is 12.2 Å². The number of nitrogens with zero attached hydrogens (tertiary/aromatic N) is 2. The lowest BCUT2D eigenvalue weighted by atomic mass is 10.2. The molecule has 118 valence electrons. The molecular formula is C16H21BrN4S. The molecule has 0 bridgehead atoms. The van der Waals surface area contributed by atoms with Crippen molar-refractivity contribution in [3.05, 3.63) is 45.7 Å².